The standard InChI is InChI=1S/C15H21N3O2/c1-2-20-14(19)15(5-6-15)12-3-9-18(10-4-12)13-11-16-7-8-17-13/h7-8,11-12H,2-6,9-10H2,1H3. The Balaban J connectivity index is 1.60. The molecule has 2 aliphatic rings. The lowest BCUT2D eigenvalue weighted by Crippen LogP contribution is -2.39. The van der Waals surface area contributed by atoms with Gasteiger partial charge >= 0.3 is 5.97 Å². The number of carbonyl (C=O) groups excluding carboxylic acids is 1. The molecule has 0 spiro atoms. The molecule has 5 nitrogen and oxygen atoms in total. The van der Waals surface area contributed by atoms with E-state index in [-0.39, 0.29) is 11.4 Å². The fourth-order valence-corrected chi connectivity index (χ4v) is 3.30. The summed E-state index contributed by atoms with van der Waals surface area (Å²) in [6.45, 7) is 4.26. The first kappa shape index (κ1) is 13.3. The fourth-order valence-electron chi connectivity index (χ4n) is 3.30. The van der Waals surface area contributed by atoms with Gasteiger partial charge in [0.2, 0.25) is 0 Å². The van der Waals surface area contributed by atoms with E-state index in [0.717, 1.165) is 44.6 Å². The van der Waals surface area contributed by atoms with Gasteiger partial charge in [-0.25, -0.2) is 4.98 Å². The summed E-state index contributed by atoms with van der Waals surface area (Å²) >= 11 is 0. The van der Waals surface area contributed by atoms with Crippen molar-refractivity contribution in [2.75, 3.05) is 24.6 Å². The lowest BCUT2D eigenvalue weighted by Gasteiger charge is -2.35. The number of carbonyl (C=O) groups is 1. The molecule has 0 bridgehead atoms. The van der Waals surface area contributed by atoms with Crippen LogP contribution in [0.3, 0.4) is 0 Å². The minimum atomic E-state index is -0.162. The smallest absolute Gasteiger partial charge is 0.312 e. The highest BCUT2D eigenvalue weighted by Gasteiger charge is 2.56. The van der Waals surface area contributed by atoms with Gasteiger partial charge in [0.05, 0.1) is 18.2 Å². The van der Waals surface area contributed by atoms with E-state index in [9.17, 15) is 4.79 Å². The average Bonchev–Trinajstić information content (AvgIpc) is 3.30. The van der Waals surface area contributed by atoms with E-state index in [1.54, 1.807) is 18.6 Å². The summed E-state index contributed by atoms with van der Waals surface area (Å²) < 4.78 is 5.26. The van der Waals surface area contributed by atoms with Crippen LogP contribution in [0.15, 0.2) is 18.6 Å². The van der Waals surface area contributed by atoms with Gasteiger partial charge in [0.15, 0.2) is 0 Å². The number of aromatic nitrogens is 2. The SMILES string of the molecule is CCOC(=O)C1(C2CCN(c3cnccn3)CC2)CC1. The van der Waals surface area contributed by atoms with Gasteiger partial charge in [-0.2, -0.15) is 0 Å². The number of ether oxygens (including phenoxy) is 1. The zero-order chi connectivity index (χ0) is 14.0. The van der Waals surface area contributed by atoms with Gasteiger partial charge in [0.1, 0.15) is 5.82 Å². The third-order valence-corrected chi connectivity index (χ3v) is 4.62. The maximum atomic E-state index is 12.1. The van der Waals surface area contributed by atoms with Crippen LogP contribution in [0.1, 0.15) is 32.6 Å². The summed E-state index contributed by atoms with van der Waals surface area (Å²) in [5.41, 5.74) is -0.162. The summed E-state index contributed by atoms with van der Waals surface area (Å²) in [7, 11) is 0. The topological polar surface area (TPSA) is 55.3 Å². The Labute approximate surface area is 119 Å². The Morgan fingerprint density at radius 3 is 2.70 bits per heavy atom. The molecule has 5 heteroatoms. The first-order chi connectivity index (χ1) is 9.76. The minimum Gasteiger partial charge on any atom is -0.466 e. The van der Waals surface area contributed by atoms with Crippen molar-refractivity contribution < 1.29 is 9.53 Å². The van der Waals surface area contributed by atoms with Crippen LogP contribution in [-0.4, -0.2) is 35.6 Å². The van der Waals surface area contributed by atoms with Gasteiger partial charge in [-0.05, 0) is 38.5 Å². The molecule has 3 rings (SSSR count). The average molecular weight is 275 g/mol. The Hall–Kier alpha value is -1.65. The van der Waals surface area contributed by atoms with Crippen LogP contribution in [0.5, 0.6) is 0 Å². The molecule has 1 saturated carbocycles. The molecular formula is C15H21N3O2. The lowest BCUT2D eigenvalue weighted by molar-refractivity contribution is -0.152. The summed E-state index contributed by atoms with van der Waals surface area (Å²) in [5.74, 6) is 1.43. The first-order valence-corrected chi connectivity index (χ1v) is 7.44. The molecule has 1 aromatic rings. The highest BCUT2D eigenvalue weighted by molar-refractivity contribution is 5.80. The second-order valence-corrected chi connectivity index (χ2v) is 5.70. The predicted molar refractivity (Wildman–Crippen MR) is 75.3 cm³/mol. The summed E-state index contributed by atoms with van der Waals surface area (Å²) in [6.07, 6.45) is 9.30. The molecular weight excluding hydrogens is 254 g/mol. The van der Waals surface area contributed by atoms with Gasteiger partial charge < -0.3 is 9.64 Å². The lowest BCUT2D eigenvalue weighted by atomic mass is 9.81. The van der Waals surface area contributed by atoms with Crippen LogP contribution >= 0.6 is 0 Å². The molecule has 108 valence electrons. The Bertz CT molecular complexity index is 465. The number of nitrogens with zero attached hydrogens (tertiary/aromatic N) is 3. The fraction of sp³-hybridized carbons (Fsp3) is 0.667. The molecule has 1 saturated heterocycles. The van der Waals surface area contributed by atoms with Gasteiger partial charge in [-0.1, -0.05) is 0 Å². The molecule has 20 heavy (non-hydrogen) atoms. The highest BCUT2D eigenvalue weighted by atomic mass is 16.5. The van der Waals surface area contributed by atoms with Gasteiger partial charge in [0, 0.05) is 25.5 Å². The van der Waals surface area contributed by atoms with E-state index < -0.39 is 0 Å². The van der Waals surface area contributed by atoms with Crippen LogP contribution in [0, 0.1) is 11.3 Å². The molecule has 0 aromatic carbocycles. The van der Waals surface area contributed by atoms with Crippen molar-refractivity contribution in [3.8, 4) is 0 Å². The van der Waals surface area contributed by atoms with Crippen molar-refractivity contribution in [1.82, 2.24) is 9.97 Å². The van der Waals surface area contributed by atoms with E-state index in [4.69, 9.17) is 4.74 Å². The second-order valence-electron chi connectivity index (χ2n) is 5.70. The molecule has 2 fully saturated rings. The van der Waals surface area contributed by atoms with Crippen molar-refractivity contribution in [1.29, 1.82) is 0 Å². The molecule has 1 aromatic heterocycles. The molecule has 0 N–H and O–H groups in total. The Morgan fingerprint density at radius 1 is 1.40 bits per heavy atom. The largest absolute Gasteiger partial charge is 0.466 e. The molecule has 0 amide bonds. The van der Waals surface area contributed by atoms with Crippen LogP contribution in [0.25, 0.3) is 0 Å². The van der Waals surface area contributed by atoms with Crippen LogP contribution in [0.4, 0.5) is 5.82 Å². The zero-order valence-electron chi connectivity index (χ0n) is 11.9. The Kier molecular flexibility index (Phi) is 3.59. The van der Waals surface area contributed by atoms with E-state index in [0.29, 0.717) is 12.5 Å². The first-order valence-electron chi connectivity index (χ1n) is 7.44. The summed E-state index contributed by atoms with van der Waals surface area (Å²) in [5, 5.41) is 0. The predicted octanol–water partition coefficient (Wildman–Crippen LogP) is 2.04. The highest BCUT2D eigenvalue weighted by Crippen LogP contribution is 2.56. The number of esters is 1. The van der Waals surface area contributed by atoms with E-state index >= 15 is 0 Å². The zero-order valence-corrected chi connectivity index (χ0v) is 11.9. The number of hydrogen-bond acceptors (Lipinski definition) is 5. The number of piperidine rings is 1. The van der Waals surface area contributed by atoms with Gasteiger partial charge in [0.25, 0.3) is 0 Å². The van der Waals surface area contributed by atoms with Crippen LogP contribution < -0.4 is 4.90 Å². The van der Waals surface area contributed by atoms with Crippen molar-refractivity contribution >= 4 is 11.8 Å². The molecule has 0 unspecified atom stereocenters. The van der Waals surface area contributed by atoms with Crippen LogP contribution in [-0.2, 0) is 9.53 Å². The molecule has 0 atom stereocenters. The third-order valence-electron chi connectivity index (χ3n) is 4.62. The third kappa shape index (κ3) is 2.37. The van der Waals surface area contributed by atoms with E-state index in [2.05, 4.69) is 14.9 Å². The van der Waals surface area contributed by atoms with Crippen molar-refractivity contribution in [2.24, 2.45) is 11.3 Å². The van der Waals surface area contributed by atoms with Crippen LogP contribution in [0.2, 0.25) is 0 Å². The maximum Gasteiger partial charge on any atom is 0.312 e. The normalized spacial score (nSPS) is 21.6. The van der Waals surface area contributed by atoms with E-state index in [1.165, 1.54) is 0 Å². The minimum absolute atomic E-state index is 0.0259. The number of anilines is 1. The van der Waals surface area contributed by atoms with E-state index in [1.807, 2.05) is 6.92 Å². The van der Waals surface area contributed by atoms with Gasteiger partial charge in [-0.3, -0.25) is 9.78 Å². The summed E-state index contributed by atoms with van der Waals surface area (Å²) in [6, 6.07) is 0. The molecule has 2 heterocycles. The Morgan fingerprint density at radius 2 is 2.15 bits per heavy atom. The maximum absolute atomic E-state index is 12.1. The van der Waals surface area contributed by atoms with Crippen molar-refractivity contribution in [2.45, 2.75) is 32.6 Å². The monoisotopic (exact) mass is 275 g/mol. The quantitative estimate of drug-likeness (QED) is 0.787. The molecule has 1 aliphatic heterocycles. The van der Waals surface area contributed by atoms with Gasteiger partial charge in [-0.15, -0.1) is 0 Å². The second kappa shape index (κ2) is 5.38. The number of rotatable bonds is 4. The van der Waals surface area contributed by atoms with Crippen molar-refractivity contribution in [3.05, 3.63) is 18.6 Å². The molecule has 1 aliphatic carbocycles. The number of hydrogen-bond donors (Lipinski definition) is 0. The summed E-state index contributed by atoms with van der Waals surface area (Å²) in [4.78, 5) is 22.8. The molecule has 0 radical (unpaired) electrons. The van der Waals surface area contributed by atoms with Crippen molar-refractivity contribution in [3.63, 3.8) is 0 Å².